The van der Waals surface area contributed by atoms with Crippen molar-refractivity contribution in [2.45, 2.75) is 0 Å². The predicted molar refractivity (Wildman–Crippen MR) is 190 cm³/mol. The molecule has 0 spiro atoms. The first-order valence-electron chi connectivity index (χ1n) is 22.9. The SMILES string of the molecule is [2H]c1c([2H])c2c([2H])c([2H])c3c([2H])c([2H])c(-c4ccc(-c5ccccc5)c(-c5c([2H])c([2H])c6c([2H])c([2H])c7c([2H])c([2H])c([2H])c8c([2H])c([2H])c5c6c78)c4)c4c([2H])c([2H])c(c1[2H])c2c34. The van der Waals surface area contributed by atoms with Gasteiger partial charge in [0, 0.05) is 0 Å². The molecule has 0 bridgehead atoms. The zero-order chi connectivity index (χ0) is 44.4. The first kappa shape index (κ1) is 12.5. The lowest BCUT2D eigenvalue weighted by Crippen LogP contribution is -1.92. The van der Waals surface area contributed by atoms with Crippen LogP contribution in [0.15, 0.2) is 157 Å². The average molecular weight is 573 g/mol. The highest BCUT2D eigenvalue weighted by atomic mass is 14.2. The molecule has 0 aliphatic rings. The fraction of sp³-hybridized carbons (Fsp3) is 0. The van der Waals surface area contributed by atoms with Gasteiger partial charge in [-0.15, -0.1) is 0 Å². The van der Waals surface area contributed by atoms with Gasteiger partial charge in [0.2, 0.25) is 0 Å². The Morgan fingerprint density at radius 1 is 0.318 bits per heavy atom. The summed E-state index contributed by atoms with van der Waals surface area (Å²) in [6, 6.07) is 4.01. The number of benzene rings is 10. The Labute approximate surface area is 280 Å². The molecule has 10 rings (SSSR count). The van der Waals surface area contributed by atoms with E-state index in [-0.39, 0.29) is 86.9 Å². The Kier molecular flexibility index (Phi) is 2.52. The third-order valence-corrected chi connectivity index (χ3v) is 8.29. The molecule has 0 nitrogen and oxygen atoms in total. The number of hydrogen-bond acceptors (Lipinski definition) is 0. The van der Waals surface area contributed by atoms with Crippen molar-refractivity contribution < 1.29 is 24.7 Å². The molecule has 0 N–H and O–H groups in total. The summed E-state index contributed by atoms with van der Waals surface area (Å²) in [6.07, 6.45) is 0. The zero-order valence-electron chi connectivity index (χ0n) is 40.6. The summed E-state index contributed by atoms with van der Waals surface area (Å²) in [5.74, 6) is 0. The third-order valence-electron chi connectivity index (χ3n) is 8.29. The molecule has 0 fully saturated rings. The second kappa shape index (κ2) is 8.89. The Balaban J connectivity index is 1.44. The van der Waals surface area contributed by atoms with E-state index in [2.05, 4.69) is 0 Å². The topological polar surface area (TPSA) is 0 Å². The quantitative estimate of drug-likeness (QED) is 0.185. The van der Waals surface area contributed by atoms with Crippen molar-refractivity contribution in [2.75, 3.05) is 0 Å². The molecule has 0 radical (unpaired) electrons. The van der Waals surface area contributed by atoms with Gasteiger partial charge in [-0.2, -0.15) is 0 Å². The summed E-state index contributed by atoms with van der Waals surface area (Å²) in [4.78, 5) is 0. The van der Waals surface area contributed by atoms with Crippen molar-refractivity contribution in [3.05, 3.63) is 157 Å². The molecule has 0 unspecified atom stereocenters. The molecule has 10 aromatic rings. The highest BCUT2D eigenvalue weighted by molar-refractivity contribution is 6.27. The molecule has 0 heterocycles. The maximum Gasteiger partial charge on any atom is 0.0630 e. The van der Waals surface area contributed by atoms with Gasteiger partial charge in [0.05, 0.1) is 24.7 Å². The first-order chi connectivity index (χ1) is 29.3. The highest BCUT2D eigenvalue weighted by Gasteiger charge is 2.18. The lowest BCUT2D eigenvalue weighted by atomic mass is 9.85. The fourth-order valence-corrected chi connectivity index (χ4v) is 6.32. The Bertz CT molecular complexity index is 3660. The Morgan fingerprint density at radius 3 is 1.39 bits per heavy atom. The maximum atomic E-state index is 9.56. The van der Waals surface area contributed by atoms with E-state index in [0.717, 1.165) is 0 Å². The molecule has 10 aromatic carbocycles. The van der Waals surface area contributed by atoms with Crippen molar-refractivity contribution in [1.29, 1.82) is 0 Å². The van der Waals surface area contributed by atoms with E-state index in [1.807, 2.05) is 0 Å². The van der Waals surface area contributed by atoms with Crippen LogP contribution >= 0.6 is 0 Å². The minimum absolute atomic E-state index is 0.00586. The second-order valence-electron chi connectivity index (χ2n) is 10.6. The lowest BCUT2D eigenvalue weighted by molar-refractivity contribution is 1.59. The van der Waals surface area contributed by atoms with Gasteiger partial charge in [0.15, 0.2) is 0 Å². The van der Waals surface area contributed by atoms with Crippen molar-refractivity contribution in [2.24, 2.45) is 0 Å². The van der Waals surface area contributed by atoms with E-state index in [1.54, 1.807) is 42.5 Å². The molecule has 0 saturated carbocycles. The number of rotatable bonds is 3. The summed E-state index contributed by atoms with van der Waals surface area (Å²) in [7, 11) is 0. The minimum atomic E-state index is -0.601. The van der Waals surface area contributed by atoms with Gasteiger partial charge < -0.3 is 0 Å². The molecule has 0 aliphatic carbocycles. The van der Waals surface area contributed by atoms with E-state index in [4.69, 9.17) is 15.1 Å². The molecule has 202 valence electrons. The summed E-state index contributed by atoms with van der Waals surface area (Å²) in [6.45, 7) is 0. The normalized spacial score (nSPS) is 17.8. The van der Waals surface area contributed by atoms with Gasteiger partial charge in [-0.05, 0) is 104 Å². The van der Waals surface area contributed by atoms with E-state index >= 15 is 0 Å². The zero-order valence-corrected chi connectivity index (χ0v) is 22.6. The van der Waals surface area contributed by atoms with Crippen LogP contribution in [0.2, 0.25) is 0 Å². The van der Waals surface area contributed by atoms with Crippen LogP contribution in [0.4, 0.5) is 0 Å². The van der Waals surface area contributed by atoms with Crippen molar-refractivity contribution in [3.63, 3.8) is 0 Å². The first-order valence-corrected chi connectivity index (χ1v) is 13.9. The summed E-state index contributed by atoms with van der Waals surface area (Å²) in [5.41, 5.74) is 1.18. The maximum absolute atomic E-state index is 9.56. The van der Waals surface area contributed by atoms with Crippen LogP contribution in [0.3, 0.4) is 0 Å². The molecule has 44 heavy (non-hydrogen) atoms. The van der Waals surface area contributed by atoms with Crippen LogP contribution in [-0.4, -0.2) is 0 Å². The van der Waals surface area contributed by atoms with E-state index < -0.39 is 109 Å². The van der Waals surface area contributed by atoms with Crippen LogP contribution in [-0.2, 0) is 0 Å². The highest BCUT2D eigenvalue weighted by Crippen LogP contribution is 2.45. The molecule has 0 aliphatic heterocycles. The second-order valence-corrected chi connectivity index (χ2v) is 10.6. The van der Waals surface area contributed by atoms with Gasteiger partial charge in [-0.3, -0.25) is 0 Å². The van der Waals surface area contributed by atoms with Gasteiger partial charge in [-0.1, -0.05) is 151 Å². The fourth-order valence-electron chi connectivity index (χ4n) is 6.32. The molecule has 0 amide bonds. The Morgan fingerprint density at radius 2 is 0.795 bits per heavy atom. The molecular formula is C44H26. The van der Waals surface area contributed by atoms with Crippen molar-refractivity contribution >= 4 is 64.6 Å². The van der Waals surface area contributed by atoms with Gasteiger partial charge in [0.25, 0.3) is 0 Å². The summed E-state index contributed by atoms with van der Waals surface area (Å²) < 4.78 is 162. The van der Waals surface area contributed by atoms with Crippen LogP contribution in [0.25, 0.3) is 98.0 Å². The lowest BCUT2D eigenvalue weighted by Gasteiger charge is -2.19. The van der Waals surface area contributed by atoms with Crippen LogP contribution in [0.5, 0.6) is 0 Å². The average Bonchev–Trinajstić information content (AvgIpc) is 3.25. The van der Waals surface area contributed by atoms with Crippen molar-refractivity contribution in [3.8, 4) is 33.4 Å². The van der Waals surface area contributed by atoms with Crippen molar-refractivity contribution in [1.82, 2.24) is 0 Å². The summed E-state index contributed by atoms with van der Waals surface area (Å²) >= 11 is 0. The van der Waals surface area contributed by atoms with Gasteiger partial charge in [0.1, 0.15) is 0 Å². The van der Waals surface area contributed by atoms with Crippen LogP contribution in [0, 0.1) is 0 Å². The number of hydrogen-bond donors (Lipinski definition) is 0. The third kappa shape index (κ3) is 3.28. The largest absolute Gasteiger partial charge is 0.0630 e. The van der Waals surface area contributed by atoms with Gasteiger partial charge in [-0.25, -0.2) is 0 Å². The van der Waals surface area contributed by atoms with E-state index in [9.17, 15) is 9.60 Å². The molecule has 0 saturated heterocycles. The standard InChI is InChI=1S/C44H26/c1-2-6-27(7-3-1)35-22-20-34(36-21-16-32-14-12-28-8-4-10-30-18-24-38(36)43(32)41(28)30)26-40(35)37-23-17-33-15-13-29-9-5-11-31-19-25-39(37)44(33)42(29)31/h1-26H/i4D,5D,8D,9D,10D,11D,12D,13D,14D,15D,16D,17D,18D,19D,21D,23D,24D,25D. The van der Waals surface area contributed by atoms with Crippen LogP contribution < -0.4 is 0 Å². The predicted octanol–water partition coefficient (Wildman–Crippen LogP) is 12.5. The summed E-state index contributed by atoms with van der Waals surface area (Å²) in [5, 5.41) is -1.53. The molecular weight excluding hydrogens is 528 g/mol. The van der Waals surface area contributed by atoms with Gasteiger partial charge >= 0.3 is 0 Å². The van der Waals surface area contributed by atoms with Crippen LogP contribution in [0.1, 0.15) is 24.7 Å². The molecule has 0 heteroatoms. The van der Waals surface area contributed by atoms with E-state index in [0.29, 0.717) is 11.1 Å². The monoisotopic (exact) mass is 572 g/mol. The molecule has 0 atom stereocenters. The smallest absolute Gasteiger partial charge is 0.0622 e. The molecule has 0 aromatic heterocycles. The van der Waals surface area contributed by atoms with E-state index in [1.165, 1.54) is 6.07 Å². The Hall–Kier alpha value is -5.72. The minimum Gasteiger partial charge on any atom is -0.0622 e.